The summed E-state index contributed by atoms with van der Waals surface area (Å²) in [6.45, 7) is 2.32. The van der Waals surface area contributed by atoms with Crippen LogP contribution in [0.3, 0.4) is 0 Å². The Bertz CT molecular complexity index is 623. The van der Waals surface area contributed by atoms with Gasteiger partial charge in [-0.15, -0.1) is 0 Å². The van der Waals surface area contributed by atoms with E-state index in [9.17, 15) is 4.79 Å². The highest BCUT2D eigenvalue weighted by atomic mass is 16.5. The predicted molar refractivity (Wildman–Crippen MR) is 82.8 cm³/mol. The van der Waals surface area contributed by atoms with Gasteiger partial charge in [0.1, 0.15) is 5.75 Å². The van der Waals surface area contributed by atoms with Crippen LogP contribution in [0.15, 0.2) is 42.5 Å². The minimum absolute atomic E-state index is 0.0908. The van der Waals surface area contributed by atoms with E-state index in [-0.39, 0.29) is 5.56 Å². The van der Waals surface area contributed by atoms with Crippen molar-refractivity contribution >= 4 is 11.7 Å². The molecule has 0 saturated heterocycles. The van der Waals surface area contributed by atoms with Crippen LogP contribution in [0.4, 0.5) is 5.69 Å². The Morgan fingerprint density at radius 1 is 1.24 bits per heavy atom. The number of benzene rings is 2. The molecule has 2 aromatic rings. The van der Waals surface area contributed by atoms with E-state index in [0.717, 1.165) is 12.8 Å². The van der Waals surface area contributed by atoms with Gasteiger partial charge in [-0.3, -0.25) is 0 Å². The van der Waals surface area contributed by atoms with E-state index in [2.05, 4.69) is 12.1 Å². The van der Waals surface area contributed by atoms with E-state index in [1.807, 2.05) is 18.2 Å². The summed E-state index contributed by atoms with van der Waals surface area (Å²) in [7, 11) is 0. The number of hydrogen-bond acceptors (Lipinski definition) is 3. The van der Waals surface area contributed by atoms with Crippen molar-refractivity contribution in [1.29, 1.82) is 0 Å². The summed E-state index contributed by atoms with van der Waals surface area (Å²) >= 11 is 0. The van der Waals surface area contributed by atoms with Crippen LogP contribution < -0.4 is 10.5 Å². The van der Waals surface area contributed by atoms with Gasteiger partial charge in [0.25, 0.3) is 0 Å². The molecule has 0 saturated carbocycles. The largest absolute Gasteiger partial charge is 0.494 e. The Morgan fingerprint density at radius 3 is 2.62 bits per heavy atom. The summed E-state index contributed by atoms with van der Waals surface area (Å²) in [5.41, 5.74) is 8.11. The molecule has 4 heteroatoms. The Hall–Kier alpha value is -2.49. The normalized spacial score (nSPS) is 10.3. The second-order valence-electron chi connectivity index (χ2n) is 4.94. The number of carboxylic acids is 1. The van der Waals surface area contributed by atoms with E-state index in [1.54, 1.807) is 13.0 Å². The molecule has 0 fully saturated rings. The van der Waals surface area contributed by atoms with Crippen molar-refractivity contribution < 1.29 is 14.6 Å². The first-order valence-corrected chi connectivity index (χ1v) is 6.88. The van der Waals surface area contributed by atoms with Crippen molar-refractivity contribution in [2.75, 3.05) is 12.3 Å². The van der Waals surface area contributed by atoms with Crippen LogP contribution in [0.25, 0.3) is 0 Å². The maximum absolute atomic E-state index is 11.1. The third-order valence-electron chi connectivity index (χ3n) is 3.31. The van der Waals surface area contributed by atoms with Crippen LogP contribution in [-0.4, -0.2) is 17.7 Å². The number of carbonyl (C=O) groups is 1. The molecule has 0 unspecified atom stereocenters. The van der Waals surface area contributed by atoms with Crippen molar-refractivity contribution in [2.24, 2.45) is 0 Å². The molecule has 2 aromatic carbocycles. The van der Waals surface area contributed by atoms with Gasteiger partial charge in [-0.2, -0.15) is 0 Å². The number of nitrogen functional groups attached to an aromatic ring is 1. The molecular weight excluding hydrogens is 266 g/mol. The highest BCUT2D eigenvalue weighted by Gasteiger charge is 2.12. The fourth-order valence-electron chi connectivity index (χ4n) is 2.14. The molecule has 0 aromatic heterocycles. The van der Waals surface area contributed by atoms with Gasteiger partial charge < -0.3 is 15.6 Å². The van der Waals surface area contributed by atoms with Crippen LogP contribution in [-0.2, 0) is 6.42 Å². The van der Waals surface area contributed by atoms with Crippen molar-refractivity contribution in [3.05, 3.63) is 59.2 Å². The molecule has 0 bridgehead atoms. The summed E-state index contributed by atoms with van der Waals surface area (Å²) in [5, 5.41) is 9.10. The standard InChI is InChI=1S/C17H19NO3/c1-12-10-14(11-15(16(12)18)17(19)20)21-9-5-8-13-6-3-2-4-7-13/h2-4,6-7,10-11H,5,8-9,18H2,1H3,(H,19,20). The zero-order valence-corrected chi connectivity index (χ0v) is 12.0. The highest BCUT2D eigenvalue weighted by molar-refractivity contribution is 5.95. The molecule has 0 aliphatic heterocycles. The fourth-order valence-corrected chi connectivity index (χ4v) is 2.14. The lowest BCUT2D eigenvalue weighted by Gasteiger charge is -2.11. The van der Waals surface area contributed by atoms with Gasteiger partial charge in [0.2, 0.25) is 0 Å². The van der Waals surface area contributed by atoms with Gasteiger partial charge >= 0.3 is 5.97 Å². The van der Waals surface area contributed by atoms with E-state index in [4.69, 9.17) is 15.6 Å². The Morgan fingerprint density at radius 2 is 1.95 bits per heavy atom. The molecule has 21 heavy (non-hydrogen) atoms. The third kappa shape index (κ3) is 3.99. The van der Waals surface area contributed by atoms with Gasteiger partial charge in [0, 0.05) is 5.69 Å². The molecule has 4 nitrogen and oxygen atoms in total. The quantitative estimate of drug-likeness (QED) is 0.631. The maximum atomic E-state index is 11.1. The summed E-state index contributed by atoms with van der Waals surface area (Å²) < 4.78 is 5.64. The SMILES string of the molecule is Cc1cc(OCCCc2ccccc2)cc(C(=O)O)c1N. The number of carboxylic acid groups (broad SMARTS) is 1. The van der Waals surface area contributed by atoms with Crippen molar-refractivity contribution in [2.45, 2.75) is 19.8 Å². The molecule has 0 amide bonds. The van der Waals surface area contributed by atoms with Crippen LogP contribution in [0.5, 0.6) is 5.75 Å². The minimum Gasteiger partial charge on any atom is -0.494 e. The second kappa shape index (κ2) is 6.79. The topological polar surface area (TPSA) is 72.5 Å². The average molecular weight is 285 g/mol. The minimum atomic E-state index is -1.04. The third-order valence-corrected chi connectivity index (χ3v) is 3.31. The number of rotatable bonds is 6. The summed E-state index contributed by atoms with van der Waals surface area (Å²) in [6.07, 6.45) is 1.80. The number of hydrogen-bond donors (Lipinski definition) is 2. The summed E-state index contributed by atoms with van der Waals surface area (Å²) in [5.74, 6) is -0.488. The van der Waals surface area contributed by atoms with Gasteiger partial charge in [-0.05, 0) is 43.0 Å². The Balaban J connectivity index is 1.93. The van der Waals surface area contributed by atoms with Gasteiger partial charge in [0.05, 0.1) is 12.2 Å². The number of ether oxygens (including phenoxy) is 1. The van der Waals surface area contributed by atoms with E-state index in [0.29, 0.717) is 23.6 Å². The molecule has 0 aliphatic carbocycles. The number of aromatic carboxylic acids is 1. The lowest BCUT2D eigenvalue weighted by molar-refractivity contribution is 0.0697. The van der Waals surface area contributed by atoms with E-state index >= 15 is 0 Å². The zero-order chi connectivity index (χ0) is 15.2. The molecular formula is C17H19NO3. The monoisotopic (exact) mass is 285 g/mol. The molecule has 0 heterocycles. The predicted octanol–water partition coefficient (Wildman–Crippen LogP) is 3.29. The van der Waals surface area contributed by atoms with Gasteiger partial charge in [-0.1, -0.05) is 30.3 Å². The van der Waals surface area contributed by atoms with Crippen molar-refractivity contribution in [1.82, 2.24) is 0 Å². The first-order chi connectivity index (χ1) is 10.1. The van der Waals surface area contributed by atoms with E-state index < -0.39 is 5.97 Å². The average Bonchev–Trinajstić information content (AvgIpc) is 2.47. The number of anilines is 1. The molecule has 0 spiro atoms. The molecule has 2 rings (SSSR count). The fraction of sp³-hybridized carbons (Fsp3) is 0.235. The zero-order valence-electron chi connectivity index (χ0n) is 12.0. The van der Waals surface area contributed by atoms with Gasteiger partial charge in [-0.25, -0.2) is 4.79 Å². The van der Waals surface area contributed by atoms with Crippen LogP contribution >= 0.6 is 0 Å². The highest BCUT2D eigenvalue weighted by Crippen LogP contribution is 2.24. The first-order valence-electron chi connectivity index (χ1n) is 6.88. The number of nitrogens with two attached hydrogens (primary N) is 1. The van der Waals surface area contributed by atoms with Gasteiger partial charge in [0.15, 0.2) is 0 Å². The molecule has 0 atom stereocenters. The number of aryl methyl sites for hydroxylation is 2. The van der Waals surface area contributed by atoms with Crippen molar-refractivity contribution in [3.8, 4) is 5.75 Å². The van der Waals surface area contributed by atoms with Crippen LogP contribution in [0.1, 0.15) is 27.9 Å². The smallest absolute Gasteiger partial charge is 0.337 e. The molecule has 0 radical (unpaired) electrons. The lowest BCUT2D eigenvalue weighted by Crippen LogP contribution is -2.06. The Labute approximate surface area is 124 Å². The lowest BCUT2D eigenvalue weighted by atomic mass is 10.1. The van der Waals surface area contributed by atoms with E-state index in [1.165, 1.54) is 11.6 Å². The first kappa shape index (κ1) is 14.9. The second-order valence-corrected chi connectivity index (χ2v) is 4.94. The molecule has 110 valence electrons. The molecule has 3 N–H and O–H groups in total. The van der Waals surface area contributed by atoms with Crippen LogP contribution in [0.2, 0.25) is 0 Å². The molecule has 0 aliphatic rings. The maximum Gasteiger partial charge on any atom is 0.337 e. The van der Waals surface area contributed by atoms with Crippen LogP contribution in [0, 0.1) is 6.92 Å². The van der Waals surface area contributed by atoms with Crippen molar-refractivity contribution in [3.63, 3.8) is 0 Å². The summed E-state index contributed by atoms with van der Waals surface area (Å²) in [6, 6.07) is 13.4. The summed E-state index contributed by atoms with van der Waals surface area (Å²) in [4.78, 5) is 11.1. The Kier molecular flexibility index (Phi) is 4.82.